The van der Waals surface area contributed by atoms with E-state index < -0.39 is 35.4 Å². The molecule has 4 nitrogen and oxygen atoms in total. The summed E-state index contributed by atoms with van der Waals surface area (Å²) in [5.74, 6) is -1.87. The second-order valence-corrected chi connectivity index (χ2v) is 9.82. The van der Waals surface area contributed by atoms with Gasteiger partial charge >= 0.3 is 18.3 Å². The molecule has 0 saturated heterocycles. The summed E-state index contributed by atoms with van der Waals surface area (Å²) in [5.41, 5.74) is 0.221. The summed E-state index contributed by atoms with van der Waals surface area (Å²) in [7, 11) is 0. The van der Waals surface area contributed by atoms with Crippen LogP contribution >= 0.6 is 0 Å². The zero-order valence-electron chi connectivity index (χ0n) is 21.6. The number of carboxylic acid groups (broad SMARTS) is 1. The van der Waals surface area contributed by atoms with Gasteiger partial charge in [-0.2, -0.15) is 26.3 Å². The smallest absolute Gasteiger partial charge is 0.416 e. The van der Waals surface area contributed by atoms with Gasteiger partial charge in [-0.3, -0.25) is 4.79 Å². The summed E-state index contributed by atoms with van der Waals surface area (Å²) in [5, 5.41) is 9.96. The molecule has 0 aliphatic heterocycles. The number of hydrogen-bond acceptors (Lipinski definition) is 3. The van der Waals surface area contributed by atoms with Gasteiger partial charge in [0.15, 0.2) is 0 Å². The number of aromatic nitrogens is 1. The van der Waals surface area contributed by atoms with Crippen molar-refractivity contribution < 1.29 is 36.2 Å². The average molecular weight is 551 g/mol. The molecular weight excluding hydrogens is 522 g/mol. The summed E-state index contributed by atoms with van der Waals surface area (Å²) in [4.78, 5) is 18.5. The molecule has 10 heteroatoms. The number of rotatable bonds is 9. The zero-order valence-corrected chi connectivity index (χ0v) is 21.6. The minimum atomic E-state index is -4.54. The molecule has 39 heavy (non-hydrogen) atoms. The number of nitrogens with zero attached hydrogens (tertiary/aromatic N) is 2. The number of carboxylic acids is 1. The topological polar surface area (TPSA) is 53.4 Å². The molecule has 1 N–H and O–H groups in total. The molecule has 0 spiro atoms. The largest absolute Gasteiger partial charge is 0.481 e. The first-order valence-corrected chi connectivity index (χ1v) is 12.1. The molecule has 3 rings (SSSR count). The lowest BCUT2D eigenvalue weighted by Gasteiger charge is -2.28. The van der Waals surface area contributed by atoms with E-state index in [2.05, 4.69) is 11.6 Å². The number of carbonyl (C=O) groups is 1. The highest BCUT2D eigenvalue weighted by atomic mass is 19.4. The molecule has 1 atom stereocenters. The highest BCUT2D eigenvalue weighted by Crippen LogP contribution is 2.36. The van der Waals surface area contributed by atoms with Crippen LogP contribution < -0.4 is 4.90 Å². The van der Waals surface area contributed by atoms with E-state index >= 15 is 0 Å². The molecule has 0 aliphatic rings. The normalized spacial score (nSPS) is 12.9. The maximum Gasteiger partial charge on any atom is 0.416 e. The van der Waals surface area contributed by atoms with Gasteiger partial charge in [0.2, 0.25) is 0 Å². The highest BCUT2D eigenvalue weighted by Gasteiger charge is 2.31. The number of hydrogen-bond donors (Lipinski definition) is 1. The van der Waals surface area contributed by atoms with Crippen molar-refractivity contribution in [1.82, 2.24) is 4.98 Å². The monoisotopic (exact) mass is 550 g/mol. The van der Waals surface area contributed by atoms with E-state index in [0.29, 0.717) is 28.9 Å². The molecule has 1 heterocycles. The van der Waals surface area contributed by atoms with Crippen molar-refractivity contribution in [3.8, 4) is 11.3 Å². The Morgan fingerprint density at radius 1 is 0.923 bits per heavy atom. The fraction of sp³-hybridized carbons (Fsp3) is 0.310. The Hall–Kier alpha value is -3.82. The predicted molar refractivity (Wildman–Crippen MR) is 138 cm³/mol. The van der Waals surface area contributed by atoms with Crippen LogP contribution in [0, 0.1) is 5.92 Å². The van der Waals surface area contributed by atoms with Crippen LogP contribution in [-0.2, 0) is 17.1 Å². The second-order valence-electron chi connectivity index (χ2n) is 9.82. The number of aliphatic carboxylic acids is 1. The van der Waals surface area contributed by atoms with Gasteiger partial charge in [0.05, 0.1) is 22.7 Å². The van der Waals surface area contributed by atoms with Crippen molar-refractivity contribution in [3.05, 3.63) is 89.5 Å². The van der Waals surface area contributed by atoms with Crippen LogP contribution in [0.4, 0.5) is 37.8 Å². The fourth-order valence-corrected chi connectivity index (χ4v) is 4.08. The molecule has 3 aromatic rings. The van der Waals surface area contributed by atoms with Crippen LogP contribution in [0.1, 0.15) is 49.8 Å². The Balaban J connectivity index is 2.22. The molecule has 0 amide bonds. The fourth-order valence-electron chi connectivity index (χ4n) is 4.08. The summed E-state index contributed by atoms with van der Waals surface area (Å²) in [6.07, 6.45) is -8.95. The van der Waals surface area contributed by atoms with E-state index in [1.165, 1.54) is 30.3 Å². The van der Waals surface area contributed by atoms with Gasteiger partial charge < -0.3 is 10.0 Å². The maximum absolute atomic E-state index is 13.2. The van der Waals surface area contributed by atoms with E-state index in [4.69, 9.17) is 0 Å². The SMILES string of the molecule is C=C(C)CC(C(=O)O)c1cc(-c2ccc(C(F)(F)F)cc2)nc(N(CC(C)C)c2ccc(C(F)(F)F)cc2)c1. The number of halogens is 6. The van der Waals surface area contributed by atoms with Crippen molar-refractivity contribution in [1.29, 1.82) is 0 Å². The Morgan fingerprint density at radius 2 is 1.44 bits per heavy atom. The second kappa shape index (κ2) is 11.5. The van der Waals surface area contributed by atoms with E-state index in [1.54, 1.807) is 17.9 Å². The van der Waals surface area contributed by atoms with Gasteiger partial charge in [0.1, 0.15) is 5.82 Å². The van der Waals surface area contributed by atoms with Gasteiger partial charge in [-0.25, -0.2) is 4.98 Å². The van der Waals surface area contributed by atoms with Gasteiger partial charge in [-0.15, -0.1) is 6.58 Å². The maximum atomic E-state index is 13.2. The van der Waals surface area contributed by atoms with Crippen molar-refractivity contribution in [2.75, 3.05) is 11.4 Å². The van der Waals surface area contributed by atoms with Crippen molar-refractivity contribution >= 4 is 17.5 Å². The third-order valence-electron chi connectivity index (χ3n) is 5.93. The summed E-state index contributed by atoms with van der Waals surface area (Å²) in [6.45, 7) is 9.61. The van der Waals surface area contributed by atoms with E-state index in [1.807, 2.05) is 13.8 Å². The highest BCUT2D eigenvalue weighted by molar-refractivity contribution is 5.78. The molecule has 208 valence electrons. The van der Waals surface area contributed by atoms with Crippen LogP contribution in [0.3, 0.4) is 0 Å². The third-order valence-corrected chi connectivity index (χ3v) is 5.93. The van der Waals surface area contributed by atoms with E-state index in [-0.39, 0.29) is 23.9 Å². The lowest BCUT2D eigenvalue weighted by molar-refractivity contribution is -0.139. The molecule has 0 saturated carbocycles. The third kappa shape index (κ3) is 7.61. The predicted octanol–water partition coefficient (Wildman–Crippen LogP) is 8.71. The quantitative estimate of drug-likeness (QED) is 0.214. The Bertz CT molecular complexity index is 1310. The van der Waals surface area contributed by atoms with E-state index in [9.17, 15) is 36.2 Å². The summed E-state index contributed by atoms with van der Waals surface area (Å²) < 4.78 is 78.8. The zero-order chi connectivity index (χ0) is 29.1. The number of benzene rings is 2. The van der Waals surface area contributed by atoms with Gasteiger partial charge in [-0.05, 0) is 73.4 Å². The standard InChI is InChI=1S/C29H28F6N2O2/c1-17(2)13-24(27(38)39)20-14-25(19-5-7-21(8-6-19)28(30,31)32)36-26(15-20)37(16-18(3)4)23-11-9-22(10-12-23)29(33,34)35/h5-12,14-15,18,24H,1,13,16H2,2-4H3,(H,38,39). The van der Waals surface area contributed by atoms with Crippen LogP contribution in [0.5, 0.6) is 0 Å². The van der Waals surface area contributed by atoms with Crippen LogP contribution in [0.15, 0.2) is 72.8 Å². The molecule has 0 bridgehead atoms. The van der Waals surface area contributed by atoms with E-state index in [0.717, 1.165) is 24.3 Å². The lowest BCUT2D eigenvalue weighted by atomic mass is 9.92. The van der Waals surface area contributed by atoms with Gasteiger partial charge in [0.25, 0.3) is 0 Å². The number of alkyl halides is 6. The van der Waals surface area contributed by atoms with Gasteiger partial charge in [-0.1, -0.05) is 31.6 Å². The first-order valence-electron chi connectivity index (χ1n) is 12.1. The number of pyridine rings is 1. The molecule has 1 unspecified atom stereocenters. The Kier molecular flexibility index (Phi) is 8.77. The average Bonchev–Trinajstić information content (AvgIpc) is 2.84. The molecule has 0 radical (unpaired) electrons. The van der Waals surface area contributed by atoms with Crippen molar-refractivity contribution in [3.63, 3.8) is 0 Å². The Labute approximate surface area is 222 Å². The van der Waals surface area contributed by atoms with Gasteiger partial charge in [0, 0.05) is 17.8 Å². The number of allylic oxidation sites excluding steroid dienone is 1. The molecule has 1 aromatic heterocycles. The van der Waals surface area contributed by atoms with Crippen molar-refractivity contribution in [2.24, 2.45) is 5.92 Å². The minimum Gasteiger partial charge on any atom is -0.481 e. The number of anilines is 2. The first-order chi connectivity index (χ1) is 18.1. The molecule has 0 fully saturated rings. The molecular formula is C29H28F6N2O2. The lowest BCUT2D eigenvalue weighted by Crippen LogP contribution is -2.24. The molecule has 0 aliphatic carbocycles. The summed E-state index contributed by atoms with van der Waals surface area (Å²) >= 11 is 0. The van der Waals surface area contributed by atoms with Crippen LogP contribution in [-0.4, -0.2) is 22.6 Å². The Morgan fingerprint density at radius 3 is 1.87 bits per heavy atom. The van der Waals surface area contributed by atoms with Crippen molar-refractivity contribution in [2.45, 2.75) is 45.5 Å². The van der Waals surface area contributed by atoms with Crippen LogP contribution in [0.2, 0.25) is 0 Å². The summed E-state index contributed by atoms with van der Waals surface area (Å²) in [6, 6.07) is 11.9. The minimum absolute atomic E-state index is 0.0259. The molecule has 2 aromatic carbocycles. The van der Waals surface area contributed by atoms with Crippen LogP contribution in [0.25, 0.3) is 11.3 Å². The first kappa shape index (κ1) is 29.7.